The molecule has 2 aliphatic rings. The number of alkyl halides is 2. The Labute approximate surface area is 172 Å². The van der Waals surface area contributed by atoms with Gasteiger partial charge in [-0.15, -0.1) is 0 Å². The maximum Gasteiger partial charge on any atom is 0.387 e. The molecule has 0 radical (unpaired) electrons. The minimum absolute atomic E-state index is 0.0722. The first-order chi connectivity index (χ1) is 14.0. The highest BCUT2D eigenvalue weighted by molar-refractivity contribution is 7.80. The summed E-state index contributed by atoms with van der Waals surface area (Å²) in [5, 5.41) is 4.61. The van der Waals surface area contributed by atoms with Crippen LogP contribution < -0.4 is 10.5 Å². The number of nitrogens with zero attached hydrogens (tertiary/aromatic N) is 2. The average molecular weight is 423 g/mol. The number of benzene rings is 1. The quantitative estimate of drug-likeness (QED) is 0.674. The Morgan fingerprint density at radius 1 is 1.24 bits per heavy atom. The average Bonchev–Trinajstić information content (AvgIpc) is 3.46. The molecule has 29 heavy (non-hydrogen) atoms. The fraction of sp³-hybridized carbons (Fsp3) is 0.500. The molecule has 1 aliphatic carbocycles. The molecule has 6 nitrogen and oxygen atoms in total. The van der Waals surface area contributed by atoms with Crippen molar-refractivity contribution in [2.75, 3.05) is 13.1 Å². The van der Waals surface area contributed by atoms with E-state index in [0.717, 1.165) is 50.1 Å². The highest BCUT2D eigenvalue weighted by Crippen LogP contribution is 2.45. The van der Waals surface area contributed by atoms with Crippen molar-refractivity contribution in [3.05, 3.63) is 35.6 Å². The number of rotatable bonds is 7. The molecule has 0 atom stereocenters. The number of hydrogen-bond donors (Lipinski definition) is 1. The SMILES string of the molecule is NC(=S)N1CCC(OCc2c(-c3ccccc3OC(F)F)noc2C2CC2)CC1. The first kappa shape index (κ1) is 20.0. The van der Waals surface area contributed by atoms with E-state index in [0.29, 0.717) is 28.9 Å². The van der Waals surface area contributed by atoms with Gasteiger partial charge in [0.25, 0.3) is 0 Å². The summed E-state index contributed by atoms with van der Waals surface area (Å²) in [7, 11) is 0. The van der Waals surface area contributed by atoms with Crippen molar-refractivity contribution in [1.29, 1.82) is 0 Å². The lowest BCUT2D eigenvalue weighted by Gasteiger charge is -2.32. The smallest absolute Gasteiger partial charge is 0.387 e. The number of halogens is 2. The Hall–Kier alpha value is -2.26. The molecular weight excluding hydrogens is 400 g/mol. The Morgan fingerprint density at radius 2 is 1.97 bits per heavy atom. The van der Waals surface area contributed by atoms with Gasteiger partial charge >= 0.3 is 6.61 Å². The zero-order valence-electron chi connectivity index (χ0n) is 15.9. The van der Waals surface area contributed by atoms with Crippen LogP contribution in [0.2, 0.25) is 0 Å². The summed E-state index contributed by atoms with van der Waals surface area (Å²) < 4.78 is 42.1. The molecule has 0 spiro atoms. The van der Waals surface area contributed by atoms with E-state index in [4.69, 9.17) is 27.2 Å². The summed E-state index contributed by atoms with van der Waals surface area (Å²) in [5.41, 5.74) is 7.48. The monoisotopic (exact) mass is 423 g/mol. The van der Waals surface area contributed by atoms with E-state index in [2.05, 4.69) is 9.89 Å². The molecule has 0 bridgehead atoms. The van der Waals surface area contributed by atoms with Crippen LogP contribution in [-0.4, -0.2) is 41.0 Å². The number of hydrogen-bond acceptors (Lipinski definition) is 5. The van der Waals surface area contributed by atoms with Gasteiger partial charge in [-0.05, 0) is 50.0 Å². The molecule has 2 aromatic rings. The molecule has 156 valence electrons. The molecule has 2 N–H and O–H groups in total. The first-order valence-corrected chi connectivity index (χ1v) is 10.1. The predicted molar refractivity (Wildman–Crippen MR) is 107 cm³/mol. The van der Waals surface area contributed by atoms with E-state index in [1.165, 1.54) is 6.07 Å². The second-order valence-electron chi connectivity index (χ2n) is 7.36. The van der Waals surface area contributed by atoms with Gasteiger partial charge in [0, 0.05) is 30.1 Å². The van der Waals surface area contributed by atoms with Crippen molar-refractivity contribution in [3.63, 3.8) is 0 Å². The topological polar surface area (TPSA) is 73.8 Å². The fourth-order valence-corrected chi connectivity index (χ4v) is 3.83. The van der Waals surface area contributed by atoms with Gasteiger partial charge in [-0.25, -0.2) is 0 Å². The minimum Gasteiger partial charge on any atom is -0.434 e. The van der Waals surface area contributed by atoms with Gasteiger partial charge in [-0.3, -0.25) is 0 Å². The summed E-state index contributed by atoms with van der Waals surface area (Å²) in [6.07, 6.45) is 3.78. The number of likely N-dealkylation sites (tertiary alicyclic amines) is 1. The van der Waals surface area contributed by atoms with Gasteiger partial charge in [0.2, 0.25) is 0 Å². The van der Waals surface area contributed by atoms with Gasteiger partial charge in [-0.2, -0.15) is 8.78 Å². The van der Waals surface area contributed by atoms with E-state index in [1.54, 1.807) is 18.2 Å². The first-order valence-electron chi connectivity index (χ1n) is 9.71. The van der Waals surface area contributed by atoms with Gasteiger partial charge in [-0.1, -0.05) is 17.3 Å². The molecule has 0 unspecified atom stereocenters. The minimum atomic E-state index is -2.91. The molecule has 4 rings (SSSR count). The molecular formula is C20H23F2N3O3S. The number of nitrogens with two attached hydrogens (primary N) is 1. The molecule has 1 aromatic heterocycles. The number of ether oxygens (including phenoxy) is 2. The number of aromatic nitrogens is 1. The Morgan fingerprint density at radius 3 is 2.62 bits per heavy atom. The van der Waals surface area contributed by atoms with Gasteiger partial charge in [0.1, 0.15) is 17.2 Å². The predicted octanol–water partition coefficient (Wildman–Crippen LogP) is 4.05. The second-order valence-corrected chi connectivity index (χ2v) is 7.78. The fourth-order valence-electron chi connectivity index (χ4n) is 3.64. The van der Waals surface area contributed by atoms with Crippen LogP contribution in [0.1, 0.15) is 42.9 Å². The van der Waals surface area contributed by atoms with Crippen molar-refractivity contribution in [2.45, 2.75) is 50.9 Å². The summed E-state index contributed by atoms with van der Waals surface area (Å²) in [4.78, 5) is 1.97. The lowest BCUT2D eigenvalue weighted by Crippen LogP contribution is -2.43. The van der Waals surface area contributed by atoms with Crippen molar-refractivity contribution >= 4 is 17.3 Å². The molecule has 9 heteroatoms. The third kappa shape index (κ3) is 4.67. The molecule has 1 saturated heterocycles. The van der Waals surface area contributed by atoms with E-state index < -0.39 is 6.61 Å². The van der Waals surface area contributed by atoms with Gasteiger partial charge in [0.15, 0.2) is 5.11 Å². The van der Waals surface area contributed by atoms with Crippen LogP contribution in [0, 0.1) is 0 Å². The molecule has 1 aliphatic heterocycles. The lowest BCUT2D eigenvalue weighted by molar-refractivity contribution is -0.0494. The summed E-state index contributed by atoms with van der Waals surface area (Å²) in [5.74, 6) is 1.17. The van der Waals surface area contributed by atoms with E-state index >= 15 is 0 Å². The zero-order valence-corrected chi connectivity index (χ0v) is 16.7. The summed E-state index contributed by atoms with van der Waals surface area (Å²) in [6.45, 7) is -1.08. The third-order valence-electron chi connectivity index (χ3n) is 5.34. The maximum absolute atomic E-state index is 12.8. The van der Waals surface area contributed by atoms with Crippen molar-refractivity contribution in [1.82, 2.24) is 10.1 Å². The molecule has 2 heterocycles. The van der Waals surface area contributed by atoms with E-state index in [-0.39, 0.29) is 11.9 Å². The summed E-state index contributed by atoms with van der Waals surface area (Å²) in [6, 6.07) is 6.61. The van der Waals surface area contributed by atoms with Gasteiger partial charge in [0.05, 0.1) is 12.7 Å². The second kappa shape index (κ2) is 8.62. The lowest BCUT2D eigenvalue weighted by atomic mass is 10.0. The van der Waals surface area contributed by atoms with Crippen LogP contribution in [0.3, 0.4) is 0 Å². The van der Waals surface area contributed by atoms with E-state index in [1.807, 2.05) is 4.90 Å². The largest absolute Gasteiger partial charge is 0.434 e. The van der Waals surface area contributed by atoms with Crippen LogP contribution in [-0.2, 0) is 11.3 Å². The Bertz CT molecular complexity index is 864. The van der Waals surface area contributed by atoms with Crippen LogP contribution in [0.25, 0.3) is 11.3 Å². The van der Waals surface area contributed by atoms with Crippen molar-refractivity contribution in [2.24, 2.45) is 5.73 Å². The number of thiocarbonyl (C=S) groups is 1. The normalized spacial score (nSPS) is 17.7. The molecule has 1 saturated carbocycles. The van der Waals surface area contributed by atoms with Crippen LogP contribution in [0.5, 0.6) is 5.75 Å². The molecule has 1 aromatic carbocycles. The third-order valence-corrected chi connectivity index (χ3v) is 5.60. The van der Waals surface area contributed by atoms with Crippen molar-refractivity contribution < 1.29 is 22.8 Å². The van der Waals surface area contributed by atoms with E-state index in [9.17, 15) is 8.78 Å². The van der Waals surface area contributed by atoms with Crippen LogP contribution in [0.15, 0.2) is 28.8 Å². The maximum atomic E-state index is 12.8. The molecule has 2 fully saturated rings. The standard InChI is InChI=1S/C20H23F2N3O3S/c21-19(22)27-16-4-2-1-3-14(16)17-15(18(28-24-17)12-5-6-12)11-26-13-7-9-25(10-8-13)20(23)29/h1-4,12-13,19H,5-11H2,(H2,23,29). The number of piperidine rings is 1. The highest BCUT2D eigenvalue weighted by atomic mass is 32.1. The summed E-state index contributed by atoms with van der Waals surface area (Å²) >= 11 is 5.03. The Kier molecular flexibility index (Phi) is 5.96. The molecule has 0 amide bonds. The zero-order chi connectivity index (χ0) is 20.4. The van der Waals surface area contributed by atoms with Crippen molar-refractivity contribution in [3.8, 4) is 17.0 Å². The Balaban J connectivity index is 1.53. The van der Waals surface area contributed by atoms with Crippen LogP contribution >= 0.6 is 12.2 Å². The highest BCUT2D eigenvalue weighted by Gasteiger charge is 2.34. The van der Waals surface area contributed by atoms with Gasteiger partial charge < -0.3 is 24.6 Å². The number of para-hydroxylation sites is 1. The van der Waals surface area contributed by atoms with Crippen LogP contribution in [0.4, 0.5) is 8.78 Å².